The van der Waals surface area contributed by atoms with Gasteiger partial charge in [0.1, 0.15) is 0 Å². The molecule has 1 amide bonds. The summed E-state index contributed by atoms with van der Waals surface area (Å²) in [7, 11) is 0. The van der Waals surface area contributed by atoms with Crippen LogP contribution in [-0.2, 0) is 0 Å². The van der Waals surface area contributed by atoms with Crippen molar-refractivity contribution in [3.05, 3.63) is 41.7 Å². The van der Waals surface area contributed by atoms with Gasteiger partial charge in [-0.3, -0.25) is 9.78 Å². The third-order valence-corrected chi connectivity index (χ3v) is 9.88. The van der Waals surface area contributed by atoms with Crippen molar-refractivity contribution >= 4 is 11.6 Å². The predicted octanol–water partition coefficient (Wildman–Crippen LogP) is 5.13. The second kappa shape index (κ2) is 8.09. The van der Waals surface area contributed by atoms with Crippen molar-refractivity contribution in [2.45, 2.75) is 78.2 Å². The van der Waals surface area contributed by atoms with E-state index in [9.17, 15) is 9.90 Å². The molecule has 0 radical (unpaired) electrons. The van der Waals surface area contributed by atoms with Gasteiger partial charge >= 0.3 is 0 Å². The molecule has 0 spiro atoms. The molecule has 1 aromatic heterocycles. The van der Waals surface area contributed by atoms with Crippen molar-refractivity contribution in [3.8, 4) is 0 Å². The highest BCUT2D eigenvalue weighted by Gasteiger charge is 2.58. The minimum atomic E-state index is -0.193. The number of nitrogens with zero attached hydrogens (tertiary/aromatic N) is 2. The van der Waals surface area contributed by atoms with Gasteiger partial charge in [0.05, 0.1) is 11.8 Å². The van der Waals surface area contributed by atoms with Gasteiger partial charge in [-0.25, -0.2) is 5.43 Å². The zero-order valence-corrected chi connectivity index (χ0v) is 19.7. The fourth-order valence-electron chi connectivity index (χ4n) is 8.13. The van der Waals surface area contributed by atoms with E-state index < -0.39 is 0 Å². The summed E-state index contributed by atoms with van der Waals surface area (Å²) in [6.07, 6.45) is 14.9. The summed E-state index contributed by atoms with van der Waals surface area (Å²) in [6.45, 7) is 7.02. The average Bonchev–Trinajstić information content (AvgIpc) is 3.15. The van der Waals surface area contributed by atoms with Crippen molar-refractivity contribution in [1.82, 2.24) is 10.4 Å². The minimum absolute atomic E-state index is 0.0838. The van der Waals surface area contributed by atoms with Crippen molar-refractivity contribution in [2.24, 2.45) is 39.6 Å². The number of aromatic nitrogens is 1. The van der Waals surface area contributed by atoms with Crippen molar-refractivity contribution < 1.29 is 9.90 Å². The fraction of sp³-hybridized carbons (Fsp3) is 0.667. The summed E-state index contributed by atoms with van der Waals surface area (Å²) >= 11 is 0. The molecule has 4 aliphatic rings. The molecule has 5 rings (SSSR count). The number of aliphatic hydroxyl groups is 1. The van der Waals surface area contributed by atoms with Gasteiger partial charge in [0, 0.05) is 18.0 Å². The quantitative estimate of drug-likeness (QED) is 0.511. The Hall–Kier alpha value is -2.01. The molecule has 1 heterocycles. The van der Waals surface area contributed by atoms with Crippen LogP contribution in [0.15, 0.2) is 41.3 Å². The van der Waals surface area contributed by atoms with Crippen LogP contribution >= 0.6 is 0 Å². The zero-order valence-electron chi connectivity index (χ0n) is 19.7. The lowest BCUT2D eigenvalue weighted by Crippen LogP contribution is -2.53. The molecule has 7 atom stereocenters. The lowest BCUT2D eigenvalue weighted by molar-refractivity contribution is -0.117. The van der Waals surface area contributed by atoms with Crippen LogP contribution in [0.3, 0.4) is 0 Å². The number of carbonyl (C=O) groups is 1. The third-order valence-electron chi connectivity index (χ3n) is 9.88. The predicted molar refractivity (Wildman–Crippen MR) is 126 cm³/mol. The standard InChI is InChI=1S/C27H37N3O2/c1-17(29-30-25(32)18-10-14-28-15-11-18)22-6-7-23-21-5-4-19-16-20(31)8-12-26(19,2)24(21)9-13-27(22,23)3/h6,10-11,14-15,19-21,23-24,31H,4-5,7-9,12-13,16H2,1-3H3,(H,30,32)/b29-17+/t19-,20-,21+,23+,24+,26-,27-/m0/s1. The Balaban J connectivity index is 1.32. The Labute approximate surface area is 191 Å². The van der Waals surface area contributed by atoms with E-state index in [-0.39, 0.29) is 17.4 Å². The van der Waals surface area contributed by atoms with Gasteiger partial charge in [-0.05, 0) is 110 Å². The van der Waals surface area contributed by atoms with Gasteiger partial charge in [-0.1, -0.05) is 19.9 Å². The maximum atomic E-state index is 12.4. The number of carbonyl (C=O) groups excluding carboxylic acids is 1. The monoisotopic (exact) mass is 435 g/mol. The molecule has 32 heavy (non-hydrogen) atoms. The molecule has 2 N–H and O–H groups in total. The van der Waals surface area contributed by atoms with Crippen molar-refractivity contribution in [2.75, 3.05) is 0 Å². The molecule has 172 valence electrons. The summed E-state index contributed by atoms with van der Waals surface area (Å²) < 4.78 is 0. The summed E-state index contributed by atoms with van der Waals surface area (Å²) in [4.78, 5) is 16.4. The number of hydrogen-bond donors (Lipinski definition) is 2. The number of amides is 1. The molecule has 0 unspecified atom stereocenters. The summed E-state index contributed by atoms with van der Waals surface area (Å²) in [5.41, 5.74) is 6.14. The Morgan fingerprint density at radius 2 is 1.91 bits per heavy atom. The first-order chi connectivity index (χ1) is 15.3. The first-order valence-corrected chi connectivity index (χ1v) is 12.5. The van der Waals surface area contributed by atoms with Gasteiger partial charge in [0.2, 0.25) is 0 Å². The lowest BCUT2D eigenvalue weighted by atomic mass is 9.44. The average molecular weight is 436 g/mol. The van der Waals surface area contributed by atoms with Gasteiger partial charge in [0.25, 0.3) is 5.91 Å². The van der Waals surface area contributed by atoms with E-state index >= 15 is 0 Å². The highest BCUT2D eigenvalue weighted by Crippen LogP contribution is 2.66. The molecular weight excluding hydrogens is 398 g/mol. The van der Waals surface area contributed by atoms with Crippen LogP contribution in [0, 0.1) is 34.5 Å². The first kappa shape index (κ1) is 21.8. The van der Waals surface area contributed by atoms with E-state index in [4.69, 9.17) is 0 Å². The number of rotatable bonds is 3. The summed E-state index contributed by atoms with van der Waals surface area (Å²) in [6, 6.07) is 3.41. The van der Waals surface area contributed by atoms with E-state index in [1.54, 1.807) is 24.5 Å². The number of hydrazone groups is 1. The molecule has 0 saturated heterocycles. The largest absolute Gasteiger partial charge is 0.393 e. The van der Waals surface area contributed by atoms with E-state index in [1.807, 2.05) is 6.92 Å². The highest BCUT2D eigenvalue weighted by atomic mass is 16.3. The van der Waals surface area contributed by atoms with Gasteiger partial charge in [-0.2, -0.15) is 5.10 Å². The summed E-state index contributed by atoms with van der Waals surface area (Å²) in [5, 5.41) is 14.8. The fourth-order valence-corrected chi connectivity index (χ4v) is 8.13. The van der Waals surface area contributed by atoms with Crippen molar-refractivity contribution in [3.63, 3.8) is 0 Å². The molecule has 5 nitrogen and oxygen atoms in total. The van der Waals surface area contributed by atoms with E-state index in [2.05, 4.69) is 35.4 Å². The van der Waals surface area contributed by atoms with Gasteiger partial charge < -0.3 is 5.11 Å². The normalized spacial score (nSPS) is 41.2. The topological polar surface area (TPSA) is 74.6 Å². The third kappa shape index (κ3) is 3.44. The molecule has 4 aliphatic carbocycles. The lowest BCUT2D eigenvalue weighted by Gasteiger charge is -2.60. The number of aliphatic hydroxyl groups excluding tert-OH is 1. The number of pyridine rings is 1. The molecule has 1 aromatic rings. The van der Waals surface area contributed by atoms with Crippen LogP contribution in [0.1, 0.15) is 82.5 Å². The number of fused-ring (bicyclic) bond motifs is 5. The molecule has 3 saturated carbocycles. The number of allylic oxidation sites excluding steroid dienone is 2. The van der Waals surface area contributed by atoms with E-state index in [0.29, 0.717) is 22.8 Å². The SMILES string of the molecule is C/C(=N\NC(=O)c1ccncc1)C1=CC[C@@H]2[C@H]3CC[C@H]4C[C@@H](O)CC[C@]4(C)[C@@H]3CC[C@@]12C. The second-order valence-electron chi connectivity index (χ2n) is 11.3. The molecule has 0 aliphatic heterocycles. The molecule has 0 bridgehead atoms. The molecule has 3 fully saturated rings. The molecular formula is C27H37N3O2. The van der Waals surface area contributed by atoms with Crippen LogP contribution in [0.4, 0.5) is 0 Å². The zero-order chi connectivity index (χ0) is 22.5. The Morgan fingerprint density at radius 1 is 1.12 bits per heavy atom. The van der Waals surface area contributed by atoms with Gasteiger partial charge in [0.15, 0.2) is 0 Å². The Morgan fingerprint density at radius 3 is 2.69 bits per heavy atom. The molecule has 0 aromatic carbocycles. The smallest absolute Gasteiger partial charge is 0.271 e. The van der Waals surface area contributed by atoms with Crippen LogP contribution in [0.5, 0.6) is 0 Å². The highest BCUT2D eigenvalue weighted by molar-refractivity contribution is 6.01. The molecule has 5 heteroatoms. The number of nitrogens with one attached hydrogen (secondary N) is 1. The maximum Gasteiger partial charge on any atom is 0.271 e. The maximum absolute atomic E-state index is 12.4. The number of hydrogen-bond acceptors (Lipinski definition) is 4. The first-order valence-electron chi connectivity index (χ1n) is 12.5. The Bertz CT molecular complexity index is 941. The van der Waals surface area contributed by atoms with E-state index in [1.165, 1.54) is 37.7 Å². The minimum Gasteiger partial charge on any atom is -0.393 e. The summed E-state index contributed by atoms with van der Waals surface area (Å²) in [5.74, 6) is 2.71. The van der Waals surface area contributed by atoms with Crippen LogP contribution in [0.25, 0.3) is 0 Å². The van der Waals surface area contributed by atoms with Crippen LogP contribution in [-0.4, -0.2) is 27.8 Å². The van der Waals surface area contributed by atoms with Crippen LogP contribution < -0.4 is 5.43 Å². The second-order valence-corrected chi connectivity index (χ2v) is 11.3. The van der Waals surface area contributed by atoms with E-state index in [0.717, 1.165) is 36.8 Å². The van der Waals surface area contributed by atoms with Gasteiger partial charge in [-0.15, -0.1) is 0 Å². The van der Waals surface area contributed by atoms with Crippen LogP contribution in [0.2, 0.25) is 0 Å². The Kier molecular flexibility index (Phi) is 5.51. The van der Waals surface area contributed by atoms with Crippen molar-refractivity contribution in [1.29, 1.82) is 0 Å².